The van der Waals surface area contributed by atoms with Crippen LogP contribution in [0.1, 0.15) is 41.3 Å². The molecule has 0 saturated heterocycles. The molecule has 1 N–H and O–H groups in total. The first-order chi connectivity index (χ1) is 9.09. The lowest BCUT2D eigenvalue weighted by Crippen LogP contribution is -2.51. The second kappa shape index (κ2) is 4.18. The van der Waals surface area contributed by atoms with Gasteiger partial charge in [0, 0.05) is 20.2 Å². The minimum absolute atomic E-state index is 0.157. The van der Waals surface area contributed by atoms with Crippen LogP contribution in [0.2, 0.25) is 0 Å². The molecule has 3 rings (SSSR count). The van der Waals surface area contributed by atoms with E-state index in [0.717, 1.165) is 19.3 Å². The Morgan fingerprint density at radius 2 is 2.32 bits per heavy atom. The molecule has 2 aromatic rings. The van der Waals surface area contributed by atoms with Gasteiger partial charge in [0.05, 0.1) is 11.8 Å². The summed E-state index contributed by atoms with van der Waals surface area (Å²) in [6.45, 7) is 1.74. The normalized spacial score (nSPS) is 16.9. The quantitative estimate of drug-likeness (QED) is 0.888. The molecule has 7 nitrogen and oxygen atoms in total. The van der Waals surface area contributed by atoms with Crippen LogP contribution >= 0.6 is 0 Å². The van der Waals surface area contributed by atoms with Crippen LogP contribution in [0.15, 0.2) is 16.9 Å². The highest BCUT2D eigenvalue weighted by Gasteiger charge is 2.44. The molecular formula is C12H15N5O2. The maximum absolute atomic E-state index is 12.2. The van der Waals surface area contributed by atoms with Crippen molar-refractivity contribution in [1.82, 2.24) is 25.2 Å². The van der Waals surface area contributed by atoms with E-state index >= 15 is 0 Å². The molecule has 0 unspecified atom stereocenters. The van der Waals surface area contributed by atoms with E-state index in [1.165, 1.54) is 0 Å². The number of carbonyl (C=O) groups is 1. The van der Waals surface area contributed by atoms with Gasteiger partial charge in [-0.1, -0.05) is 5.16 Å². The van der Waals surface area contributed by atoms with Gasteiger partial charge in [-0.15, -0.1) is 0 Å². The van der Waals surface area contributed by atoms with Gasteiger partial charge in [0.1, 0.15) is 5.54 Å². The highest BCUT2D eigenvalue weighted by atomic mass is 16.5. The minimum Gasteiger partial charge on any atom is -0.340 e. The summed E-state index contributed by atoms with van der Waals surface area (Å²) in [4.78, 5) is 16.4. The van der Waals surface area contributed by atoms with Crippen LogP contribution in [0, 0.1) is 6.92 Å². The van der Waals surface area contributed by atoms with Crippen molar-refractivity contribution in [3.8, 4) is 0 Å². The fourth-order valence-corrected chi connectivity index (χ4v) is 2.26. The molecule has 19 heavy (non-hydrogen) atoms. The largest absolute Gasteiger partial charge is 0.340 e. The fourth-order valence-electron chi connectivity index (χ4n) is 2.26. The van der Waals surface area contributed by atoms with Gasteiger partial charge in [-0.2, -0.15) is 10.1 Å². The zero-order valence-corrected chi connectivity index (χ0v) is 10.9. The van der Waals surface area contributed by atoms with E-state index in [9.17, 15) is 4.79 Å². The molecule has 0 aromatic carbocycles. The highest BCUT2D eigenvalue weighted by molar-refractivity contribution is 5.94. The molecule has 1 fully saturated rings. The Hall–Kier alpha value is -2.18. The van der Waals surface area contributed by atoms with Gasteiger partial charge in [-0.25, -0.2) is 0 Å². The summed E-state index contributed by atoms with van der Waals surface area (Å²) in [5, 5.41) is 10.9. The van der Waals surface area contributed by atoms with Crippen LogP contribution in [0.3, 0.4) is 0 Å². The van der Waals surface area contributed by atoms with Gasteiger partial charge in [0.25, 0.3) is 5.91 Å². The van der Waals surface area contributed by atoms with Gasteiger partial charge < -0.3 is 9.84 Å². The zero-order chi connectivity index (χ0) is 13.5. The highest BCUT2D eigenvalue weighted by Crippen LogP contribution is 2.39. The molecule has 100 valence electrons. The third-order valence-corrected chi connectivity index (χ3v) is 3.48. The summed E-state index contributed by atoms with van der Waals surface area (Å²) in [6, 6.07) is 0. The van der Waals surface area contributed by atoms with Gasteiger partial charge in [0.15, 0.2) is 5.82 Å². The van der Waals surface area contributed by atoms with Gasteiger partial charge in [0.2, 0.25) is 5.89 Å². The first-order valence-electron chi connectivity index (χ1n) is 6.21. The predicted octanol–water partition coefficient (Wildman–Crippen LogP) is 0.921. The zero-order valence-electron chi connectivity index (χ0n) is 10.9. The van der Waals surface area contributed by atoms with Crippen LogP contribution in [-0.4, -0.2) is 25.8 Å². The van der Waals surface area contributed by atoms with Crippen molar-refractivity contribution in [3.05, 3.63) is 29.7 Å². The third kappa shape index (κ3) is 2.00. The molecular weight excluding hydrogens is 246 g/mol. The van der Waals surface area contributed by atoms with Crippen molar-refractivity contribution in [3.63, 3.8) is 0 Å². The molecule has 0 bridgehead atoms. The standard InChI is InChI=1S/C12H15N5O2/c1-8-14-11(16-19-8)12(4-3-5-12)15-10(18)9-6-13-17(2)7-9/h6-7H,3-5H2,1-2H3,(H,15,18). The number of hydrogen-bond acceptors (Lipinski definition) is 5. The Balaban J connectivity index is 1.82. The Kier molecular flexibility index (Phi) is 2.62. The van der Waals surface area contributed by atoms with E-state index < -0.39 is 5.54 Å². The van der Waals surface area contributed by atoms with Crippen molar-refractivity contribution in [1.29, 1.82) is 0 Å². The lowest BCUT2D eigenvalue weighted by molar-refractivity contribution is 0.0805. The monoisotopic (exact) mass is 261 g/mol. The number of hydrogen-bond donors (Lipinski definition) is 1. The lowest BCUT2D eigenvalue weighted by Gasteiger charge is -2.39. The number of aromatic nitrogens is 4. The van der Waals surface area contributed by atoms with Gasteiger partial charge >= 0.3 is 0 Å². The van der Waals surface area contributed by atoms with E-state index in [0.29, 0.717) is 17.3 Å². The Labute approximate surface area is 110 Å². The van der Waals surface area contributed by atoms with Crippen LogP contribution < -0.4 is 5.32 Å². The summed E-state index contributed by atoms with van der Waals surface area (Å²) in [6.07, 6.45) is 5.93. The number of carbonyl (C=O) groups excluding carboxylic acids is 1. The molecule has 2 aromatic heterocycles. The molecule has 0 radical (unpaired) electrons. The number of rotatable bonds is 3. The SMILES string of the molecule is Cc1nc(C2(NC(=O)c3cnn(C)c3)CCC2)no1. The summed E-state index contributed by atoms with van der Waals surface area (Å²) < 4.78 is 6.61. The van der Waals surface area contributed by atoms with Crippen LogP contribution in [0.4, 0.5) is 0 Å². The first-order valence-corrected chi connectivity index (χ1v) is 6.21. The molecule has 0 atom stereocenters. The Morgan fingerprint density at radius 1 is 1.53 bits per heavy atom. The van der Waals surface area contributed by atoms with Crippen LogP contribution in [0.25, 0.3) is 0 Å². The Bertz CT molecular complexity index is 611. The number of aryl methyl sites for hydroxylation is 2. The molecule has 0 aliphatic heterocycles. The topological polar surface area (TPSA) is 85.8 Å². The smallest absolute Gasteiger partial charge is 0.255 e. The second-order valence-corrected chi connectivity index (χ2v) is 4.93. The van der Waals surface area contributed by atoms with E-state index in [1.54, 1.807) is 31.0 Å². The summed E-state index contributed by atoms with van der Waals surface area (Å²) in [7, 11) is 1.78. The lowest BCUT2D eigenvalue weighted by atomic mass is 9.76. The predicted molar refractivity (Wildman–Crippen MR) is 65.2 cm³/mol. The van der Waals surface area contributed by atoms with Gasteiger partial charge in [-0.3, -0.25) is 9.48 Å². The molecule has 1 aliphatic rings. The van der Waals surface area contributed by atoms with Crippen molar-refractivity contribution < 1.29 is 9.32 Å². The van der Waals surface area contributed by atoms with E-state index in [-0.39, 0.29) is 5.91 Å². The average molecular weight is 261 g/mol. The second-order valence-electron chi connectivity index (χ2n) is 4.93. The van der Waals surface area contributed by atoms with Crippen LogP contribution in [0.5, 0.6) is 0 Å². The molecule has 1 saturated carbocycles. The third-order valence-electron chi connectivity index (χ3n) is 3.48. The van der Waals surface area contributed by atoms with Crippen molar-refractivity contribution in [2.45, 2.75) is 31.7 Å². The van der Waals surface area contributed by atoms with Crippen molar-refractivity contribution >= 4 is 5.91 Å². The average Bonchev–Trinajstić information content (AvgIpc) is 2.92. The summed E-state index contributed by atoms with van der Waals surface area (Å²) in [5.41, 5.74) is 0.0546. The fraction of sp³-hybridized carbons (Fsp3) is 0.500. The molecule has 0 spiro atoms. The maximum Gasteiger partial charge on any atom is 0.255 e. The molecule has 1 aliphatic carbocycles. The maximum atomic E-state index is 12.2. The van der Waals surface area contributed by atoms with E-state index in [1.807, 2.05) is 0 Å². The van der Waals surface area contributed by atoms with Gasteiger partial charge in [-0.05, 0) is 19.3 Å². The first kappa shape index (κ1) is 11.9. The number of nitrogens with one attached hydrogen (secondary N) is 1. The molecule has 2 heterocycles. The van der Waals surface area contributed by atoms with Crippen molar-refractivity contribution in [2.75, 3.05) is 0 Å². The Morgan fingerprint density at radius 3 is 2.79 bits per heavy atom. The van der Waals surface area contributed by atoms with E-state index in [2.05, 4.69) is 20.6 Å². The van der Waals surface area contributed by atoms with Crippen molar-refractivity contribution in [2.24, 2.45) is 7.05 Å². The van der Waals surface area contributed by atoms with Crippen LogP contribution in [-0.2, 0) is 12.6 Å². The van der Waals surface area contributed by atoms with E-state index in [4.69, 9.17) is 4.52 Å². The minimum atomic E-state index is -0.481. The summed E-state index contributed by atoms with van der Waals surface area (Å²) >= 11 is 0. The number of amides is 1. The molecule has 7 heteroatoms. The number of nitrogens with zero attached hydrogens (tertiary/aromatic N) is 4. The molecule has 1 amide bonds. The summed E-state index contributed by atoms with van der Waals surface area (Å²) in [5.74, 6) is 0.917.